The first-order valence-electron chi connectivity index (χ1n) is 6.49. The summed E-state index contributed by atoms with van der Waals surface area (Å²) in [4.78, 5) is 0. The van der Waals surface area contributed by atoms with Gasteiger partial charge < -0.3 is 14.6 Å². The molecular weight excluding hydrogens is 228 g/mol. The van der Waals surface area contributed by atoms with Crippen molar-refractivity contribution in [1.29, 1.82) is 0 Å². The summed E-state index contributed by atoms with van der Waals surface area (Å²) >= 11 is 0. The Morgan fingerprint density at radius 3 is 2.44 bits per heavy atom. The summed E-state index contributed by atoms with van der Waals surface area (Å²) in [5.74, 6) is 1.56. The fourth-order valence-electron chi connectivity index (χ4n) is 2.90. The molecule has 0 saturated heterocycles. The van der Waals surface area contributed by atoms with E-state index in [1.165, 1.54) is 5.56 Å². The zero-order chi connectivity index (χ0) is 13.1. The molecule has 2 aliphatic rings. The third kappa shape index (κ3) is 1.77. The van der Waals surface area contributed by atoms with E-state index in [4.69, 9.17) is 9.47 Å². The lowest BCUT2D eigenvalue weighted by Crippen LogP contribution is -2.35. The van der Waals surface area contributed by atoms with Gasteiger partial charge in [0, 0.05) is 24.0 Å². The molecule has 0 fully saturated rings. The summed E-state index contributed by atoms with van der Waals surface area (Å²) in [5, 5.41) is 10.2. The summed E-state index contributed by atoms with van der Waals surface area (Å²) in [7, 11) is 0. The minimum absolute atomic E-state index is 0.187. The summed E-state index contributed by atoms with van der Waals surface area (Å²) < 4.78 is 12.0. The van der Waals surface area contributed by atoms with Crippen LogP contribution >= 0.6 is 0 Å². The van der Waals surface area contributed by atoms with Gasteiger partial charge in [0.15, 0.2) is 11.5 Å². The molecule has 2 heterocycles. The van der Waals surface area contributed by atoms with Crippen molar-refractivity contribution in [3.63, 3.8) is 0 Å². The molecule has 2 aliphatic heterocycles. The van der Waals surface area contributed by atoms with Crippen LogP contribution in [0.5, 0.6) is 11.5 Å². The molecule has 3 nitrogen and oxygen atoms in total. The average Bonchev–Trinajstić information content (AvgIpc) is 2.50. The Bertz CT molecular complexity index is 503. The standard InChI is InChI=1S/C15H20O3/c1-14(2)7-9-5-6-10-11(16)8-15(3,4)18-13(10)12(9)17-14/h5-6,11,16H,7-8H2,1-4H3. The fraction of sp³-hybridized carbons (Fsp3) is 0.600. The van der Waals surface area contributed by atoms with Crippen LogP contribution in [0.4, 0.5) is 0 Å². The van der Waals surface area contributed by atoms with Crippen LogP contribution in [0.1, 0.15) is 51.3 Å². The number of benzene rings is 1. The highest BCUT2D eigenvalue weighted by molar-refractivity contribution is 5.56. The molecule has 98 valence electrons. The second-order valence-corrected chi connectivity index (χ2v) is 6.59. The molecule has 0 amide bonds. The minimum Gasteiger partial charge on any atom is -0.483 e. The minimum atomic E-state index is -0.471. The lowest BCUT2D eigenvalue weighted by Gasteiger charge is -2.36. The zero-order valence-corrected chi connectivity index (χ0v) is 11.4. The highest BCUT2D eigenvalue weighted by Gasteiger charge is 2.39. The van der Waals surface area contributed by atoms with Gasteiger partial charge in [-0.15, -0.1) is 0 Å². The van der Waals surface area contributed by atoms with Gasteiger partial charge in [0.05, 0.1) is 6.10 Å². The first kappa shape index (κ1) is 11.8. The van der Waals surface area contributed by atoms with Crippen LogP contribution in [-0.4, -0.2) is 16.3 Å². The molecule has 0 saturated carbocycles. The van der Waals surface area contributed by atoms with Gasteiger partial charge in [-0.1, -0.05) is 12.1 Å². The molecule has 1 atom stereocenters. The Kier molecular flexibility index (Phi) is 2.25. The maximum Gasteiger partial charge on any atom is 0.168 e. The molecule has 3 rings (SSSR count). The smallest absolute Gasteiger partial charge is 0.168 e. The molecule has 0 spiro atoms. The lowest BCUT2D eigenvalue weighted by atomic mass is 9.90. The van der Waals surface area contributed by atoms with E-state index < -0.39 is 6.10 Å². The first-order chi connectivity index (χ1) is 8.27. The van der Waals surface area contributed by atoms with Gasteiger partial charge in [0.1, 0.15) is 11.2 Å². The van der Waals surface area contributed by atoms with Crippen LogP contribution in [0.15, 0.2) is 12.1 Å². The number of aliphatic hydroxyl groups excluding tert-OH is 1. The van der Waals surface area contributed by atoms with Crippen molar-refractivity contribution in [2.24, 2.45) is 0 Å². The highest BCUT2D eigenvalue weighted by atomic mass is 16.5. The van der Waals surface area contributed by atoms with Gasteiger partial charge >= 0.3 is 0 Å². The third-order valence-corrected chi connectivity index (χ3v) is 3.64. The zero-order valence-electron chi connectivity index (χ0n) is 11.4. The van der Waals surface area contributed by atoms with E-state index in [-0.39, 0.29) is 11.2 Å². The summed E-state index contributed by atoms with van der Waals surface area (Å²) in [6, 6.07) is 4.02. The van der Waals surface area contributed by atoms with E-state index in [1.54, 1.807) is 0 Å². The Morgan fingerprint density at radius 1 is 1.06 bits per heavy atom. The van der Waals surface area contributed by atoms with E-state index in [1.807, 2.05) is 26.0 Å². The first-order valence-corrected chi connectivity index (χ1v) is 6.49. The quantitative estimate of drug-likeness (QED) is 0.767. The molecule has 1 aromatic rings. The number of aliphatic hydroxyl groups is 1. The average molecular weight is 248 g/mol. The van der Waals surface area contributed by atoms with Crippen molar-refractivity contribution in [2.75, 3.05) is 0 Å². The van der Waals surface area contributed by atoms with Crippen molar-refractivity contribution in [2.45, 2.75) is 57.8 Å². The summed E-state index contributed by atoms with van der Waals surface area (Å²) in [5.41, 5.74) is 1.49. The number of hydrogen-bond acceptors (Lipinski definition) is 3. The van der Waals surface area contributed by atoms with E-state index >= 15 is 0 Å². The van der Waals surface area contributed by atoms with E-state index in [0.717, 1.165) is 23.5 Å². The van der Waals surface area contributed by atoms with Crippen LogP contribution in [0, 0.1) is 0 Å². The number of hydrogen-bond donors (Lipinski definition) is 1. The van der Waals surface area contributed by atoms with Gasteiger partial charge in [0.25, 0.3) is 0 Å². The van der Waals surface area contributed by atoms with Crippen LogP contribution in [0.3, 0.4) is 0 Å². The maximum absolute atomic E-state index is 10.2. The van der Waals surface area contributed by atoms with Gasteiger partial charge in [0.2, 0.25) is 0 Å². The van der Waals surface area contributed by atoms with Crippen molar-refractivity contribution in [1.82, 2.24) is 0 Å². The Morgan fingerprint density at radius 2 is 1.72 bits per heavy atom. The van der Waals surface area contributed by atoms with Gasteiger partial charge in [-0.3, -0.25) is 0 Å². The molecule has 0 bridgehead atoms. The van der Waals surface area contributed by atoms with Crippen LogP contribution in [0.2, 0.25) is 0 Å². The van der Waals surface area contributed by atoms with E-state index in [2.05, 4.69) is 13.8 Å². The van der Waals surface area contributed by atoms with Gasteiger partial charge in [-0.2, -0.15) is 0 Å². The Balaban J connectivity index is 2.12. The molecule has 18 heavy (non-hydrogen) atoms. The van der Waals surface area contributed by atoms with Crippen molar-refractivity contribution in [3.05, 3.63) is 23.3 Å². The fourth-order valence-corrected chi connectivity index (χ4v) is 2.90. The van der Waals surface area contributed by atoms with Gasteiger partial charge in [-0.25, -0.2) is 0 Å². The summed E-state index contributed by atoms with van der Waals surface area (Å²) in [6.45, 7) is 8.14. The van der Waals surface area contributed by atoms with Crippen molar-refractivity contribution in [3.8, 4) is 11.5 Å². The maximum atomic E-state index is 10.2. The SMILES string of the molecule is CC1(C)Cc2ccc3c(c2O1)OC(C)(C)CC3O. The van der Waals surface area contributed by atoms with Crippen LogP contribution in [-0.2, 0) is 6.42 Å². The Labute approximate surface area is 108 Å². The molecule has 1 N–H and O–H groups in total. The second kappa shape index (κ2) is 3.41. The third-order valence-electron chi connectivity index (χ3n) is 3.64. The number of rotatable bonds is 0. The monoisotopic (exact) mass is 248 g/mol. The predicted molar refractivity (Wildman–Crippen MR) is 69.1 cm³/mol. The Hall–Kier alpha value is -1.22. The van der Waals surface area contributed by atoms with Crippen molar-refractivity contribution < 1.29 is 14.6 Å². The van der Waals surface area contributed by atoms with Gasteiger partial charge in [-0.05, 0) is 27.7 Å². The largest absolute Gasteiger partial charge is 0.483 e. The van der Waals surface area contributed by atoms with Crippen molar-refractivity contribution >= 4 is 0 Å². The molecule has 3 heteroatoms. The molecule has 0 radical (unpaired) electrons. The molecule has 0 aliphatic carbocycles. The second-order valence-electron chi connectivity index (χ2n) is 6.59. The lowest BCUT2D eigenvalue weighted by molar-refractivity contribution is 0.00662. The highest BCUT2D eigenvalue weighted by Crippen LogP contribution is 2.50. The molecule has 1 aromatic carbocycles. The number of ether oxygens (including phenoxy) is 2. The molecular formula is C15H20O3. The normalized spacial score (nSPS) is 26.8. The summed E-state index contributed by atoms with van der Waals surface area (Å²) in [6.07, 6.45) is 1.03. The molecule has 1 unspecified atom stereocenters. The molecule has 0 aromatic heterocycles. The van der Waals surface area contributed by atoms with Crippen LogP contribution < -0.4 is 9.47 Å². The predicted octanol–water partition coefficient (Wildman–Crippen LogP) is 2.99. The van der Waals surface area contributed by atoms with E-state index in [0.29, 0.717) is 6.42 Å². The van der Waals surface area contributed by atoms with E-state index in [9.17, 15) is 5.11 Å². The topological polar surface area (TPSA) is 38.7 Å². The number of fused-ring (bicyclic) bond motifs is 3. The van der Waals surface area contributed by atoms with Crippen LogP contribution in [0.25, 0.3) is 0 Å².